The standard InChI is InChI=1S/C15H18N4/c1-2-15-17-13-6-3-4-7-14(13)19(15)10-5-9-18-11-8-16-12-18/h3-4,6-8,11-12H,2,5,9-10H2,1H3. The number of benzene rings is 1. The maximum Gasteiger partial charge on any atom is 0.109 e. The van der Waals surface area contributed by atoms with Crippen LogP contribution >= 0.6 is 0 Å². The maximum atomic E-state index is 4.69. The van der Waals surface area contributed by atoms with Crippen molar-refractivity contribution in [1.82, 2.24) is 19.1 Å². The quantitative estimate of drug-likeness (QED) is 0.702. The van der Waals surface area contributed by atoms with Gasteiger partial charge in [-0.15, -0.1) is 0 Å². The molecule has 0 aliphatic carbocycles. The molecule has 0 aliphatic rings. The fourth-order valence-electron chi connectivity index (χ4n) is 2.48. The summed E-state index contributed by atoms with van der Waals surface area (Å²) in [4.78, 5) is 8.76. The first kappa shape index (κ1) is 12.0. The lowest BCUT2D eigenvalue weighted by Crippen LogP contribution is -2.06. The molecule has 4 nitrogen and oxygen atoms in total. The third-order valence-electron chi connectivity index (χ3n) is 3.41. The molecule has 0 atom stereocenters. The van der Waals surface area contributed by atoms with Crippen LogP contribution in [0.5, 0.6) is 0 Å². The van der Waals surface area contributed by atoms with E-state index in [0.29, 0.717) is 0 Å². The van der Waals surface area contributed by atoms with E-state index in [1.165, 1.54) is 11.3 Å². The van der Waals surface area contributed by atoms with E-state index in [-0.39, 0.29) is 0 Å². The molecule has 0 aliphatic heterocycles. The molecule has 2 aromatic heterocycles. The van der Waals surface area contributed by atoms with E-state index in [0.717, 1.165) is 31.4 Å². The summed E-state index contributed by atoms with van der Waals surface area (Å²) < 4.78 is 4.46. The summed E-state index contributed by atoms with van der Waals surface area (Å²) in [6.45, 7) is 4.16. The molecule has 4 heteroatoms. The zero-order chi connectivity index (χ0) is 13.1. The molecule has 0 radical (unpaired) electrons. The Labute approximate surface area is 112 Å². The normalized spacial score (nSPS) is 11.2. The highest BCUT2D eigenvalue weighted by Gasteiger charge is 2.07. The number of nitrogens with zero attached hydrogens (tertiary/aromatic N) is 4. The molecular formula is C15H18N4. The molecule has 0 bridgehead atoms. The van der Waals surface area contributed by atoms with E-state index in [1.54, 1.807) is 0 Å². The minimum absolute atomic E-state index is 0.972. The van der Waals surface area contributed by atoms with Gasteiger partial charge in [0.25, 0.3) is 0 Å². The van der Waals surface area contributed by atoms with Crippen LogP contribution in [-0.4, -0.2) is 19.1 Å². The van der Waals surface area contributed by atoms with Crippen LogP contribution in [0.25, 0.3) is 11.0 Å². The van der Waals surface area contributed by atoms with E-state index in [4.69, 9.17) is 4.98 Å². The topological polar surface area (TPSA) is 35.6 Å². The van der Waals surface area contributed by atoms with Crippen LogP contribution in [-0.2, 0) is 19.5 Å². The van der Waals surface area contributed by atoms with Gasteiger partial charge < -0.3 is 9.13 Å². The summed E-state index contributed by atoms with van der Waals surface area (Å²) in [6.07, 6.45) is 7.76. The van der Waals surface area contributed by atoms with Crippen molar-refractivity contribution in [2.24, 2.45) is 0 Å². The number of rotatable bonds is 5. The molecule has 0 amide bonds. The summed E-state index contributed by atoms with van der Waals surface area (Å²) in [6, 6.07) is 8.36. The van der Waals surface area contributed by atoms with Gasteiger partial charge in [0.1, 0.15) is 5.82 Å². The van der Waals surface area contributed by atoms with Gasteiger partial charge in [-0.05, 0) is 18.6 Å². The maximum absolute atomic E-state index is 4.69. The Balaban J connectivity index is 1.79. The third-order valence-corrected chi connectivity index (χ3v) is 3.41. The third kappa shape index (κ3) is 2.38. The number of aryl methyl sites for hydroxylation is 3. The van der Waals surface area contributed by atoms with Crippen LogP contribution in [0.1, 0.15) is 19.2 Å². The smallest absolute Gasteiger partial charge is 0.109 e. The summed E-state index contributed by atoms with van der Waals surface area (Å²) in [7, 11) is 0. The van der Waals surface area contributed by atoms with Crippen molar-refractivity contribution in [1.29, 1.82) is 0 Å². The largest absolute Gasteiger partial charge is 0.337 e. The van der Waals surface area contributed by atoms with Gasteiger partial charge in [-0.3, -0.25) is 0 Å². The van der Waals surface area contributed by atoms with Gasteiger partial charge in [-0.25, -0.2) is 9.97 Å². The van der Waals surface area contributed by atoms with Gasteiger partial charge in [-0.2, -0.15) is 0 Å². The Morgan fingerprint density at radius 1 is 1.16 bits per heavy atom. The fourth-order valence-corrected chi connectivity index (χ4v) is 2.48. The second kappa shape index (κ2) is 5.26. The first-order valence-electron chi connectivity index (χ1n) is 6.78. The van der Waals surface area contributed by atoms with Crippen LogP contribution in [0.15, 0.2) is 43.0 Å². The minimum Gasteiger partial charge on any atom is -0.337 e. The molecule has 0 unspecified atom stereocenters. The molecular weight excluding hydrogens is 236 g/mol. The molecule has 3 aromatic rings. The first-order chi connectivity index (χ1) is 9.38. The Morgan fingerprint density at radius 2 is 2.05 bits per heavy atom. The number of fused-ring (bicyclic) bond motifs is 1. The van der Waals surface area contributed by atoms with E-state index in [2.05, 4.69) is 39.2 Å². The molecule has 2 heterocycles. The first-order valence-corrected chi connectivity index (χ1v) is 6.78. The number of aromatic nitrogens is 4. The highest BCUT2D eigenvalue weighted by Crippen LogP contribution is 2.17. The number of para-hydroxylation sites is 2. The second-order valence-corrected chi connectivity index (χ2v) is 4.68. The zero-order valence-corrected chi connectivity index (χ0v) is 11.2. The average Bonchev–Trinajstić information content (AvgIpc) is 3.06. The van der Waals surface area contributed by atoms with Crippen LogP contribution in [0.3, 0.4) is 0 Å². The average molecular weight is 254 g/mol. The van der Waals surface area contributed by atoms with Crippen molar-refractivity contribution in [3.05, 3.63) is 48.8 Å². The SMILES string of the molecule is CCc1nc2ccccc2n1CCCn1ccnc1. The van der Waals surface area contributed by atoms with E-state index in [9.17, 15) is 0 Å². The van der Waals surface area contributed by atoms with E-state index >= 15 is 0 Å². The van der Waals surface area contributed by atoms with Gasteiger partial charge in [0.15, 0.2) is 0 Å². The van der Waals surface area contributed by atoms with Gasteiger partial charge in [0.2, 0.25) is 0 Å². The van der Waals surface area contributed by atoms with Crippen LogP contribution < -0.4 is 0 Å². The van der Waals surface area contributed by atoms with Crippen molar-refractivity contribution < 1.29 is 0 Å². The number of hydrogen-bond acceptors (Lipinski definition) is 2. The Kier molecular flexibility index (Phi) is 3.31. The van der Waals surface area contributed by atoms with Gasteiger partial charge in [0, 0.05) is 31.9 Å². The summed E-state index contributed by atoms with van der Waals surface area (Å²) >= 11 is 0. The Hall–Kier alpha value is -2.10. The summed E-state index contributed by atoms with van der Waals surface area (Å²) in [5, 5.41) is 0. The number of hydrogen-bond donors (Lipinski definition) is 0. The van der Waals surface area contributed by atoms with Crippen LogP contribution in [0.2, 0.25) is 0 Å². The molecule has 98 valence electrons. The predicted octanol–water partition coefficient (Wildman–Crippen LogP) is 2.89. The molecule has 1 aromatic carbocycles. The molecule has 0 N–H and O–H groups in total. The predicted molar refractivity (Wildman–Crippen MR) is 76.0 cm³/mol. The minimum atomic E-state index is 0.972. The van der Waals surface area contributed by atoms with Crippen molar-refractivity contribution in [2.45, 2.75) is 32.9 Å². The van der Waals surface area contributed by atoms with Crippen molar-refractivity contribution in [2.75, 3.05) is 0 Å². The lowest BCUT2D eigenvalue weighted by atomic mass is 10.3. The number of imidazole rings is 2. The van der Waals surface area contributed by atoms with Crippen LogP contribution in [0.4, 0.5) is 0 Å². The van der Waals surface area contributed by atoms with Crippen molar-refractivity contribution >= 4 is 11.0 Å². The molecule has 3 rings (SSSR count). The monoisotopic (exact) mass is 254 g/mol. The fraction of sp³-hybridized carbons (Fsp3) is 0.333. The van der Waals surface area contributed by atoms with Gasteiger partial charge >= 0.3 is 0 Å². The Bertz CT molecular complexity index is 652. The molecule has 0 spiro atoms. The summed E-state index contributed by atoms with van der Waals surface area (Å²) in [5.41, 5.74) is 2.34. The molecule has 19 heavy (non-hydrogen) atoms. The van der Waals surface area contributed by atoms with Gasteiger partial charge in [0.05, 0.1) is 17.4 Å². The highest BCUT2D eigenvalue weighted by atomic mass is 15.1. The molecule has 0 saturated carbocycles. The van der Waals surface area contributed by atoms with Gasteiger partial charge in [-0.1, -0.05) is 19.1 Å². The highest BCUT2D eigenvalue weighted by molar-refractivity contribution is 5.75. The summed E-state index contributed by atoms with van der Waals surface area (Å²) in [5.74, 6) is 1.17. The van der Waals surface area contributed by atoms with E-state index < -0.39 is 0 Å². The van der Waals surface area contributed by atoms with Crippen LogP contribution in [0, 0.1) is 0 Å². The van der Waals surface area contributed by atoms with Crippen molar-refractivity contribution in [3.8, 4) is 0 Å². The zero-order valence-electron chi connectivity index (χ0n) is 11.2. The Morgan fingerprint density at radius 3 is 2.84 bits per heavy atom. The molecule has 0 fully saturated rings. The lowest BCUT2D eigenvalue weighted by molar-refractivity contribution is 0.558. The van der Waals surface area contributed by atoms with E-state index in [1.807, 2.05) is 24.8 Å². The van der Waals surface area contributed by atoms with Crippen molar-refractivity contribution in [3.63, 3.8) is 0 Å². The molecule has 0 saturated heterocycles. The lowest BCUT2D eigenvalue weighted by Gasteiger charge is -2.08. The second-order valence-electron chi connectivity index (χ2n) is 4.68.